The van der Waals surface area contributed by atoms with Gasteiger partial charge in [0, 0.05) is 5.02 Å². The van der Waals surface area contributed by atoms with Crippen LogP contribution in [0.1, 0.15) is 18.1 Å². The average molecular weight is 283 g/mol. The highest BCUT2D eigenvalue weighted by Gasteiger charge is 2.41. The van der Waals surface area contributed by atoms with E-state index in [1.54, 1.807) is 0 Å². The molecule has 18 heavy (non-hydrogen) atoms. The lowest BCUT2D eigenvalue weighted by molar-refractivity contribution is -0.224. The number of carbonyl (C=O) groups is 1. The van der Waals surface area contributed by atoms with E-state index in [1.165, 1.54) is 18.2 Å². The molecule has 1 N–H and O–H groups in total. The highest BCUT2D eigenvalue weighted by molar-refractivity contribution is 6.30. The number of aliphatic carboxylic acids is 1. The molecular formula is C11H10ClF3O3. The summed E-state index contributed by atoms with van der Waals surface area (Å²) in [4.78, 5) is 10.2. The van der Waals surface area contributed by atoms with E-state index in [0.717, 1.165) is 6.07 Å². The summed E-state index contributed by atoms with van der Waals surface area (Å²) in [6.07, 6.45) is -7.29. The molecule has 0 aliphatic carbocycles. The van der Waals surface area contributed by atoms with Crippen molar-refractivity contribution in [2.45, 2.75) is 18.7 Å². The van der Waals surface area contributed by atoms with Crippen LogP contribution in [0, 0.1) is 0 Å². The average Bonchev–Trinajstić information content (AvgIpc) is 2.22. The minimum Gasteiger partial charge on any atom is -0.481 e. The number of rotatable bonds is 5. The molecule has 0 aliphatic rings. The Balaban J connectivity index is 2.82. The molecule has 1 rings (SSSR count). The maximum absolute atomic E-state index is 12.7. The Bertz CT molecular complexity index is 420. The van der Waals surface area contributed by atoms with Crippen LogP contribution in [0.25, 0.3) is 0 Å². The molecule has 0 aromatic heterocycles. The van der Waals surface area contributed by atoms with Crippen molar-refractivity contribution < 1.29 is 27.8 Å². The Morgan fingerprint density at radius 3 is 2.61 bits per heavy atom. The number of hydrogen-bond acceptors (Lipinski definition) is 2. The monoisotopic (exact) mass is 282 g/mol. The van der Waals surface area contributed by atoms with Crippen LogP contribution in [0.3, 0.4) is 0 Å². The van der Waals surface area contributed by atoms with E-state index in [-0.39, 0.29) is 10.6 Å². The molecule has 0 aliphatic heterocycles. The van der Waals surface area contributed by atoms with Gasteiger partial charge in [0.15, 0.2) is 6.10 Å². The molecule has 1 aromatic rings. The van der Waals surface area contributed by atoms with Crippen LogP contribution < -0.4 is 0 Å². The van der Waals surface area contributed by atoms with Gasteiger partial charge < -0.3 is 9.84 Å². The van der Waals surface area contributed by atoms with Gasteiger partial charge in [0.2, 0.25) is 0 Å². The molecular weight excluding hydrogens is 273 g/mol. The van der Waals surface area contributed by atoms with E-state index in [9.17, 15) is 18.0 Å². The smallest absolute Gasteiger partial charge is 0.418 e. The van der Waals surface area contributed by atoms with E-state index in [2.05, 4.69) is 4.74 Å². The minimum absolute atomic E-state index is 0.152. The first-order chi connectivity index (χ1) is 8.30. The third-order valence-corrected chi connectivity index (χ3v) is 2.28. The van der Waals surface area contributed by atoms with Crippen molar-refractivity contribution in [1.82, 2.24) is 0 Å². The van der Waals surface area contributed by atoms with Crippen LogP contribution in [0.5, 0.6) is 0 Å². The van der Waals surface area contributed by atoms with Crippen LogP contribution in [0.15, 0.2) is 24.3 Å². The lowest BCUT2D eigenvalue weighted by Gasteiger charge is -2.21. The molecule has 3 nitrogen and oxygen atoms in total. The van der Waals surface area contributed by atoms with Crippen LogP contribution in [-0.2, 0) is 9.53 Å². The molecule has 0 unspecified atom stereocenters. The topological polar surface area (TPSA) is 46.5 Å². The van der Waals surface area contributed by atoms with Crippen molar-refractivity contribution in [3.8, 4) is 0 Å². The highest BCUT2D eigenvalue weighted by Crippen LogP contribution is 2.36. The highest BCUT2D eigenvalue weighted by atomic mass is 35.5. The molecule has 0 heterocycles. The first kappa shape index (κ1) is 14.8. The van der Waals surface area contributed by atoms with Crippen molar-refractivity contribution in [2.24, 2.45) is 0 Å². The maximum Gasteiger partial charge on any atom is 0.418 e. The Labute approximate surface area is 106 Å². The number of carboxylic acid groups (broad SMARTS) is 1. The van der Waals surface area contributed by atoms with Gasteiger partial charge in [-0.05, 0) is 17.7 Å². The fourth-order valence-electron chi connectivity index (χ4n) is 1.31. The standard InChI is InChI=1S/C11H10ClF3O3/c12-8-3-1-2-7(6-8)10(11(13,14)15)18-5-4-9(16)17/h1-3,6,10H,4-5H2,(H,16,17)/t10-/m1/s1. The molecule has 0 amide bonds. The Morgan fingerprint density at radius 2 is 2.11 bits per heavy atom. The number of hydrogen-bond donors (Lipinski definition) is 1. The normalized spacial score (nSPS) is 13.3. The lowest BCUT2D eigenvalue weighted by atomic mass is 10.1. The van der Waals surface area contributed by atoms with Gasteiger partial charge in [-0.2, -0.15) is 13.2 Å². The quantitative estimate of drug-likeness (QED) is 0.900. The molecule has 0 spiro atoms. The van der Waals surface area contributed by atoms with Gasteiger partial charge in [-0.1, -0.05) is 23.7 Å². The van der Waals surface area contributed by atoms with E-state index < -0.39 is 31.3 Å². The second kappa shape index (κ2) is 6.06. The Hall–Kier alpha value is -1.27. The van der Waals surface area contributed by atoms with Gasteiger partial charge in [0.25, 0.3) is 0 Å². The molecule has 7 heteroatoms. The van der Waals surface area contributed by atoms with Gasteiger partial charge >= 0.3 is 12.1 Å². The van der Waals surface area contributed by atoms with Crippen LogP contribution in [-0.4, -0.2) is 23.9 Å². The van der Waals surface area contributed by atoms with E-state index in [4.69, 9.17) is 16.7 Å². The summed E-state index contributed by atoms with van der Waals surface area (Å²) in [6, 6.07) is 5.18. The second-order valence-electron chi connectivity index (χ2n) is 3.49. The fraction of sp³-hybridized carbons (Fsp3) is 0.364. The van der Waals surface area contributed by atoms with Gasteiger partial charge in [0.05, 0.1) is 13.0 Å². The summed E-state index contributed by atoms with van der Waals surface area (Å²) < 4.78 is 42.8. The number of carboxylic acids is 1. The number of alkyl halides is 3. The third-order valence-electron chi connectivity index (χ3n) is 2.05. The van der Waals surface area contributed by atoms with E-state index >= 15 is 0 Å². The molecule has 1 atom stereocenters. The molecule has 0 saturated carbocycles. The number of ether oxygens (including phenoxy) is 1. The van der Waals surface area contributed by atoms with Crippen LogP contribution >= 0.6 is 11.6 Å². The zero-order chi connectivity index (χ0) is 13.8. The van der Waals surface area contributed by atoms with Crippen molar-refractivity contribution in [1.29, 1.82) is 0 Å². The van der Waals surface area contributed by atoms with E-state index in [1.807, 2.05) is 0 Å². The van der Waals surface area contributed by atoms with Gasteiger partial charge in [0.1, 0.15) is 0 Å². The summed E-state index contributed by atoms with van der Waals surface area (Å²) in [5.74, 6) is -1.22. The van der Waals surface area contributed by atoms with Crippen molar-refractivity contribution in [3.05, 3.63) is 34.9 Å². The molecule has 1 aromatic carbocycles. The Kier molecular flexibility index (Phi) is 4.98. The molecule has 0 saturated heterocycles. The lowest BCUT2D eigenvalue weighted by Crippen LogP contribution is -2.24. The second-order valence-corrected chi connectivity index (χ2v) is 3.93. The summed E-state index contributed by atoms with van der Waals surface area (Å²) in [7, 11) is 0. The largest absolute Gasteiger partial charge is 0.481 e. The van der Waals surface area contributed by atoms with Gasteiger partial charge in [-0.3, -0.25) is 4.79 Å². The van der Waals surface area contributed by atoms with Gasteiger partial charge in [-0.25, -0.2) is 0 Å². The number of halogens is 4. The van der Waals surface area contributed by atoms with E-state index in [0.29, 0.717) is 0 Å². The zero-order valence-electron chi connectivity index (χ0n) is 9.08. The zero-order valence-corrected chi connectivity index (χ0v) is 9.83. The summed E-state index contributed by atoms with van der Waals surface area (Å²) in [5.41, 5.74) is -0.152. The molecule has 0 fully saturated rings. The first-order valence-corrected chi connectivity index (χ1v) is 5.34. The maximum atomic E-state index is 12.7. The number of benzene rings is 1. The third kappa shape index (κ3) is 4.54. The molecule has 100 valence electrons. The predicted octanol–water partition coefficient (Wildman–Crippen LogP) is 3.43. The van der Waals surface area contributed by atoms with Crippen LogP contribution in [0.2, 0.25) is 5.02 Å². The van der Waals surface area contributed by atoms with Crippen molar-refractivity contribution in [3.63, 3.8) is 0 Å². The predicted molar refractivity (Wildman–Crippen MR) is 58.5 cm³/mol. The first-order valence-electron chi connectivity index (χ1n) is 4.96. The molecule has 0 bridgehead atoms. The van der Waals surface area contributed by atoms with Crippen molar-refractivity contribution >= 4 is 17.6 Å². The van der Waals surface area contributed by atoms with Crippen molar-refractivity contribution in [2.75, 3.05) is 6.61 Å². The SMILES string of the molecule is O=C(O)CCO[C@H](c1cccc(Cl)c1)C(F)(F)F. The summed E-state index contributed by atoms with van der Waals surface area (Å²) >= 11 is 5.61. The minimum atomic E-state index is -4.62. The fourth-order valence-corrected chi connectivity index (χ4v) is 1.51. The summed E-state index contributed by atoms with van der Waals surface area (Å²) in [6.45, 7) is -0.522. The molecule has 0 radical (unpaired) electrons. The Morgan fingerprint density at radius 1 is 1.44 bits per heavy atom. The summed E-state index contributed by atoms with van der Waals surface area (Å²) in [5, 5.41) is 8.52. The van der Waals surface area contributed by atoms with Gasteiger partial charge in [-0.15, -0.1) is 0 Å². The van der Waals surface area contributed by atoms with Crippen LogP contribution in [0.4, 0.5) is 13.2 Å².